The maximum absolute atomic E-state index is 13.7. The van der Waals surface area contributed by atoms with E-state index in [0.717, 1.165) is 17.8 Å². The molecule has 0 atom stereocenters. The second-order valence-electron chi connectivity index (χ2n) is 5.16. The number of rotatable bonds is 2. The molecule has 0 spiro atoms. The van der Waals surface area contributed by atoms with Gasteiger partial charge < -0.3 is 9.80 Å². The molecule has 0 unspecified atom stereocenters. The fourth-order valence-electron chi connectivity index (χ4n) is 2.59. The van der Waals surface area contributed by atoms with Gasteiger partial charge in [-0.05, 0) is 12.1 Å². The lowest BCUT2D eigenvalue weighted by Gasteiger charge is -2.35. The summed E-state index contributed by atoms with van der Waals surface area (Å²) in [7, 11) is 0. The molecule has 2 aromatic rings. The Labute approximate surface area is 127 Å². The number of pyridine rings is 1. The van der Waals surface area contributed by atoms with E-state index < -0.39 is 17.5 Å². The molecule has 1 aromatic carbocycles. The number of hydrogen-bond acceptors (Lipinski definition) is 2. The van der Waals surface area contributed by atoms with Crippen molar-refractivity contribution in [3.05, 3.63) is 59.9 Å². The van der Waals surface area contributed by atoms with E-state index in [1.165, 1.54) is 6.07 Å². The summed E-state index contributed by atoms with van der Waals surface area (Å²) in [6.45, 7) is 2.37. The molecule has 3 rings (SSSR count). The Kier molecular flexibility index (Phi) is 4.00. The third kappa shape index (κ3) is 2.90. The fraction of sp³-hybridized carbons (Fsp3) is 0.250. The van der Waals surface area contributed by atoms with E-state index in [2.05, 4.69) is 9.88 Å². The number of benzene rings is 1. The van der Waals surface area contributed by atoms with E-state index in [1.807, 2.05) is 24.5 Å². The van der Waals surface area contributed by atoms with Crippen LogP contribution in [0.15, 0.2) is 42.7 Å². The second-order valence-corrected chi connectivity index (χ2v) is 5.16. The molecule has 0 saturated carbocycles. The maximum Gasteiger partial charge on any atom is 0.256 e. The SMILES string of the molecule is O=C(c1ccc(F)cc1F)N1CCN(c2cc[nH+]cc2)CC1. The Morgan fingerprint density at radius 1 is 1.00 bits per heavy atom. The van der Waals surface area contributed by atoms with E-state index in [4.69, 9.17) is 0 Å². The Balaban J connectivity index is 1.67. The van der Waals surface area contributed by atoms with Crippen molar-refractivity contribution in [3.8, 4) is 0 Å². The fourth-order valence-corrected chi connectivity index (χ4v) is 2.59. The van der Waals surface area contributed by atoms with E-state index in [9.17, 15) is 13.6 Å². The number of carbonyl (C=O) groups is 1. The van der Waals surface area contributed by atoms with Crippen molar-refractivity contribution in [2.24, 2.45) is 0 Å². The summed E-state index contributed by atoms with van der Waals surface area (Å²) in [5, 5.41) is 0. The molecule has 2 heterocycles. The van der Waals surface area contributed by atoms with Gasteiger partial charge >= 0.3 is 0 Å². The van der Waals surface area contributed by atoms with Gasteiger partial charge in [0.25, 0.3) is 5.91 Å². The Hall–Kier alpha value is -2.50. The molecule has 0 bridgehead atoms. The zero-order valence-electron chi connectivity index (χ0n) is 11.9. The highest BCUT2D eigenvalue weighted by Crippen LogP contribution is 2.17. The van der Waals surface area contributed by atoms with Crippen LogP contribution in [0.5, 0.6) is 0 Å². The molecule has 1 aliphatic rings. The highest BCUT2D eigenvalue weighted by Gasteiger charge is 2.24. The van der Waals surface area contributed by atoms with Crippen LogP contribution in [0.1, 0.15) is 10.4 Å². The quantitative estimate of drug-likeness (QED) is 0.847. The molecular weight excluding hydrogens is 288 g/mol. The van der Waals surface area contributed by atoms with Crippen LogP contribution in [0.3, 0.4) is 0 Å². The zero-order chi connectivity index (χ0) is 15.5. The highest BCUT2D eigenvalue weighted by atomic mass is 19.1. The van der Waals surface area contributed by atoms with Crippen molar-refractivity contribution in [3.63, 3.8) is 0 Å². The van der Waals surface area contributed by atoms with E-state index in [0.29, 0.717) is 26.2 Å². The van der Waals surface area contributed by atoms with Gasteiger partial charge in [-0.25, -0.2) is 13.8 Å². The normalized spacial score (nSPS) is 15.0. The third-order valence-corrected chi connectivity index (χ3v) is 3.79. The predicted octanol–water partition coefficient (Wildman–Crippen LogP) is 1.74. The van der Waals surface area contributed by atoms with Gasteiger partial charge in [0.2, 0.25) is 0 Å². The third-order valence-electron chi connectivity index (χ3n) is 3.79. The number of H-pyrrole nitrogens is 1. The smallest absolute Gasteiger partial charge is 0.256 e. The van der Waals surface area contributed by atoms with Gasteiger partial charge in [-0.15, -0.1) is 0 Å². The number of hydrogen-bond donors (Lipinski definition) is 0. The van der Waals surface area contributed by atoms with Crippen molar-refractivity contribution in [2.75, 3.05) is 31.1 Å². The van der Waals surface area contributed by atoms with Crippen LogP contribution in [-0.2, 0) is 0 Å². The Bertz CT molecular complexity index is 670. The number of amides is 1. The number of aromatic amines is 1. The number of nitrogens with one attached hydrogen (secondary N) is 1. The number of halogens is 2. The predicted molar refractivity (Wildman–Crippen MR) is 77.5 cm³/mol. The summed E-state index contributed by atoms with van der Waals surface area (Å²) in [5.74, 6) is -1.88. The van der Waals surface area contributed by atoms with Crippen LogP contribution >= 0.6 is 0 Å². The molecule has 1 saturated heterocycles. The monoisotopic (exact) mass is 304 g/mol. The van der Waals surface area contributed by atoms with Crippen LogP contribution in [-0.4, -0.2) is 37.0 Å². The van der Waals surface area contributed by atoms with E-state index in [1.54, 1.807) is 4.90 Å². The molecule has 0 aliphatic carbocycles. The molecule has 1 fully saturated rings. The standard InChI is InChI=1S/C16H15F2N3O/c17-12-1-2-14(15(18)11-12)16(22)21-9-7-20(8-10-21)13-3-5-19-6-4-13/h1-6,11H,7-10H2/p+1. The van der Waals surface area contributed by atoms with Gasteiger partial charge in [0.1, 0.15) is 11.6 Å². The summed E-state index contributed by atoms with van der Waals surface area (Å²) in [5.41, 5.74) is 1.00. The summed E-state index contributed by atoms with van der Waals surface area (Å²) in [6.07, 6.45) is 3.70. The first kappa shape index (κ1) is 14.4. The van der Waals surface area contributed by atoms with Crippen molar-refractivity contribution >= 4 is 11.6 Å². The first-order valence-corrected chi connectivity index (χ1v) is 7.10. The van der Waals surface area contributed by atoms with Crippen LogP contribution in [0.4, 0.5) is 14.5 Å². The average molecular weight is 304 g/mol. The Morgan fingerprint density at radius 2 is 1.68 bits per heavy atom. The first-order chi connectivity index (χ1) is 10.6. The molecular formula is C16H16F2N3O+. The van der Waals surface area contributed by atoms with Crippen molar-refractivity contribution in [1.29, 1.82) is 0 Å². The summed E-state index contributed by atoms with van der Waals surface area (Å²) >= 11 is 0. The average Bonchev–Trinajstić information content (AvgIpc) is 2.55. The largest absolute Gasteiger partial charge is 0.368 e. The lowest BCUT2D eigenvalue weighted by Crippen LogP contribution is -2.49. The van der Waals surface area contributed by atoms with Crippen molar-refractivity contribution < 1.29 is 18.6 Å². The minimum absolute atomic E-state index is 0.0795. The summed E-state index contributed by atoms with van der Waals surface area (Å²) in [4.78, 5) is 19.0. The Morgan fingerprint density at radius 3 is 2.32 bits per heavy atom. The molecule has 1 aliphatic heterocycles. The first-order valence-electron chi connectivity index (χ1n) is 7.10. The van der Waals surface area contributed by atoms with Gasteiger partial charge in [0, 0.05) is 50.1 Å². The van der Waals surface area contributed by atoms with E-state index in [-0.39, 0.29) is 5.56 Å². The minimum atomic E-state index is -0.814. The second kappa shape index (κ2) is 6.09. The molecule has 114 valence electrons. The highest BCUT2D eigenvalue weighted by molar-refractivity contribution is 5.94. The van der Waals surface area contributed by atoms with Gasteiger partial charge in [0.15, 0.2) is 12.4 Å². The van der Waals surface area contributed by atoms with Crippen LogP contribution < -0.4 is 9.88 Å². The van der Waals surface area contributed by atoms with Gasteiger partial charge in [-0.2, -0.15) is 0 Å². The molecule has 6 heteroatoms. The van der Waals surface area contributed by atoms with Gasteiger partial charge in [-0.3, -0.25) is 4.79 Å². The zero-order valence-corrected chi connectivity index (χ0v) is 11.9. The van der Waals surface area contributed by atoms with E-state index >= 15 is 0 Å². The molecule has 1 N–H and O–H groups in total. The maximum atomic E-state index is 13.7. The molecule has 1 amide bonds. The number of aromatic nitrogens is 1. The minimum Gasteiger partial charge on any atom is -0.368 e. The summed E-state index contributed by atoms with van der Waals surface area (Å²) in [6, 6.07) is 6.98. The number of nitrogens with zero attached hydrogens (tertiary/aromatic N) is 2. The molecule has 0 radical (unpaired) electrons. The van der Waals surface area contributed by atoms with Gasteiger partial charge in [0.05, 0.1) is 5.56 Å². The number of carbonyl (C=O) groups excluding carboxylic acids is 1. The van der Waals surface area contributed by atoms with Gasteiger partial charge in [-0.1, -0.05) is 0 Å². The topological polar surface area (TPSA) is 37.7 Å². The van der Waals surface area contributed by atoms with Crippen LogP contribution in [0.25, 0.3) is 0 Å². The number of anilines is 1. The molecule has 1 aromatic heterocycles. The number of piperazine rings is 1. The molecule has 4 nitrogen and oxygen atoms in total. The lowest BCUT2D eigenvalue weighted by atomic mass is 10.1. The van der Waals surface area contributed by atoms with Crippen LogP contribution in [0.2, 0.25) is 0 Å². The lowest BCUT2D eigenvalue weighted by molar-refractivity contribution is -0.377. The molecule has 22 heavy (non-hydrogen) atoms. The van der Waals surface area contributed by atoms with Crippen molar-refractivity contribution in [1.82, 2.24) is 4.90 Å². The van der Waals surface area contributed by atoms with Crippen LogP contribution in [0, 0.1) is 11.6 Å². The van der Waals surface area contributed by atoms with Crippen molar-refractivity contribution in [2.45, 2.75) is 0 Å². The summed E-state index contributed by atoms with van der Waals surface area (Å²) < 4.78 is 26.6.